The molecule has 5 heteroatoms. The predicted octanol–water partition coefficient (Wildman–Crippen LogP) is 2.81. The van der Waals surface area contributed by atoms with Crippen molar-refractivity contribution >= 4 is 17.3 Å². The van der Waals surface area contributed by atoms with Gasteiger partial charge in [0.15, 0.2) is 12.4 Å². The SMILES string of the molecule is CCN(c1ccc(NC(=O)c2cc[n+]([O-])cc2)cc1)C(C)C. The molecule has 0 aliphatic rings. The van der Waals surface area contributed by atoms with E-state index in [4.69, 9.17) is 0 Å². The molecule has 2 rings (SSSR count). The molecule has 0 radical (unpaired) electrons. The minimum absolute atomic E-state index is 0.232. The monoisotopic (exact) mass is 299 g/mol. The van der Waals surface area contributed by atoms with Crippen LogP contribution in [-0.2, 0) is 0 Å². The van der Waals surface area contributed by atoms with Crippen molar-refractivity contribution in [2.45, 2.75) is 26.8 Å². The van der Waals surface area contributed by atoms with Crippen molar-refractivity contribution in [1.29, 1.82) is 0 Å². The molecule has 1 heterocycles. The molecule has 0 unspecified atom stereocenters. The molecule has 22 heavy (non-hydrogen) atoms. The van der Waals surface area contributed by atoms with E-state index < -0.39 is 0 Å². The third kappa shape index (κ3) is 3.75. The highest BCUT2D eigenvalue weighted by Gasteiger charge is 2.10. The van der Waals surface area contributed by atoms with E-state index >= 15 is 0 Å². The van der Waals surface area contributed by atoms with Crippen molar-refractivity contribution in [2.75, 3.05) is 16.8 Å². The zero-order valence-corrected chi connectivity index (χ0v) is 13.1. The summed E-state index contributed by atoms with van der Waals surface area (Å²) in [4.78, 5) is 14.3. The van der Waals surface area contributed by atoms with Gasteiger partial charge in [0.2, 0.25) is 0 Å². The van der Waals surface area contributed by atoms with Gasteiger partial charge in [-0.25, -0.2) is 0 Å². The third-order valence-corrected chi connectivity index (χ3v) is 3.49. The van der Waals surface area contributed by atoms with Crippen molar-refractivity contribution < 1.29 is 9.52 Å². The van der Waals surface area contributed by atoms with Crippen molar-refractivity contribution in [3.63, 3.8) is 0 Å². The van der Waals surface area contributed by atoms with Crippen LogP contribution in [0.3, 0.4) is 0 Å². The summed E-state index contributed by atoms with van der Waals surface area (Å²) in [5, 5.41) is 13.8. The van der Waals surface area contributed by atoms with Gasteiger partial charge in [-0.05, 0) is 45.0 Å². The first-order valence-corrected chi connectivity index (χ1v) is 7.38. The number of carbonyl (C=O) groups excluding carboxylic acids is 1. The predicted molar refractivity (Wildman–Crippen MR) is 88.0 cm³/mol. The summed E-state index contributed by atoms with van der Waals surface area (Å²) >= 11 is 0. The lowest BCUT2D eigenvalue weighted by atomic mass is 10.2. The van der Waals surface area contributed by atoms with Crippen LogP contribution in [0.4, 0.5) is 11.4 Å². The van der Waals surface area contributed by atoms with E-state index in [2.05, 4.69) is 31.0 Å². The highest BCUT2D eigenvalue weighted by Crippen LogP contribution is 2.20. The number of amides is 1. The Hall–Kier alpha value is -2.56. The van der Waals surface area contributed by atoms with Crippen LogP contribution in [0, 0.1) is 5.21 Å². The van der Waals surface area contributed by atoms with Crippen molar-refractivity contribution in [1.82, 2.24) is 0 Å². The summed E-state index contributed by atoms with van der Waals surface area (Å²) in [5.41, 5.74) is 2.31. The fourth-order valence-electron chi connectivity index (χ4n) is 2.35. The first kappa shape index (κ1) is 15.8. The number of benzene rings is 1. The summed E-state index contributed by atoms with van der Waals surface area (Å²) in [6, 6.07) is 11.2. The normalized spacial score (nSPS) is 10.5. The van der Waals surface area contributed by atoms with Crippen LogP contribution in [-0.4, -0.2) is 18.5 Å². The number of hydrogen-bond donors (Lipinski definition) is 1. The van der Waals surface area contributed by atoms with E-state index in [1.54, 1.807) is 0 Å². The Labute approximate surface area is 130 Å². The van der Waals surface area contributed by atoms with Crippen LogP contribution >= 0.6 is 0 Å². The van der Waals surface area contributed by atoms with E-state index in [0.29, 0.717) is 16.3 Å². The smallest absolute Gasteiger partial charge is 0.256 e. The summed E-state index contributed by atoms with van der Waals surface area (Å²) < 4.78 is 0.650. The number of hydrogen-bond acceptors (Lipinski definition) is 3. The Kier molecular flexibility index (Phi) is 4.99. The molecule has 0 aliphatic carbocycles. The van der Waals surface area contributed by atoms with Gasteiger partial charge in [0.25, 0.3) is 5.91 Å². The van der Waals surface area contributed by atoms with E-state index in [0.717, 1.165) is 17.9 Å². The Bertz CT molecular complexity index is 621. The minimum Gasteiger partial charge on any atom is -0.619 e. The number of aromatic nitrogens is 1. The number of nitrogens with zero attached hydrogens (tertiary/aromatic N) is 2. The molecule has 0 aliphatic heterocycles. The Balaban J connectivity index is 2.08. The molecule has 116 valence electrons. The van der Waals surface area contributed by atoms with Crippen molar-refractivity contribution in [2.24, 2.45) is 0 Å². The number of rotatable bonds is 5. The largest absolute Gasteiger partial charge is 0.619 e. The topological polar surface area (TPSA) is 59.3 Å². The van der Waals surface area contributed by atoms with Gasteiger partial charge in [-0.3, -0.25) is 4.79 Å². The van der Waals surface area contributed by atoms with Crippen molar-refractivity contribution in [3.8, 4) is 0 Å². The van der Waals surface area contributed by atoms with Crippen LogP contribution in [0.15, 0.2) is 48.8 Å². The number of pyridine rings is 1. The summed E-state index contributed by atoms with van der Waals surface area (Å²) in [5.74, 6) is -0.232. The van der Waals surface area contributed by atoms with E-state index in [1.165, 1.54) is 24.5 Å². The zero-order valence-electron chi connectivity index (χ0n) is 13.1. The van der Waals surface area contributed by atoms with Gasteiger partial charge < -0.3 is 15.4 Å². The van der Waals surface area contributed by atoms with E-state index in [-0.39, 0.29) is 5.91 Å². The van der Waals surface area contributed by atoms with Gasteiger partial charge in [0.05, 0.1) is 5.56 Å². The van der Waals surface area contributed by atoms with Crippen LogP contribution in [0.5, 0.6) is 0 Å². The van der Waals surface area contributed by atoms with Crippen LogP contribution in [0.2, 0.25) is 0 Å². The molecular weight excluding hydrogens is 278 g/mol. The maximum Gasteiger partial charge on any atom is 0.256 e. The molecule has 1 aromatic heterocycles. The molecule has 0 atom stereocenters. The second-order valence-electron chi connectivity index (χ2n) is 5.33. The molecule has 2 aromatic rings. The first-order valence-electron chi connectivity index (χ1n) is 7.38. The quantitative estimate of drug-likeness (QED) is 0.682. The molecule has 0 saturated carbocycles. The van der Waals surface area contributed by atoms with Gasteiger partial charge in [-0.2, -0.15) is 4.73 Å². The lowest BCUT2D eigenvalue weighted by molar-refractivity contribution is -0.605. The van der Waals surface area contributed by atoms with Crippen LogP contribution < -0.4 is 14.9 Å². The summed E-state index contributed by atoms with van der Waals surface area (Å²) in [6.07, 6.45) is 2.61. The van der Waals surface area contributed by atoms with Crippen molar-refractivity contribution in [3.05, 3.63) is 59.6 Å². The van der Waals surface area contributed by atoms with E-state index in [9.17, 15) is 10.0 Å². The van der Waals surface area contributed by atoms with E-state index in [1.807, 2.05) is 24.3 Å². The maximum absolute atomic E-state index is 12.1. The number of carbonyl (C=O) groups is 1. The third-order valence-electron chi connectivity index (χ3n) is 3.49. The number of nitrogens with one attached hydrogen (secondary N) is 1. The molecule has 1 amide bonds. The average molecular weight is 299 g/mol. The highest BCUT2D eigenvalue weighted by atomic mass is 16.5. The highest BCUT2D eigenvalue weighted by molar-refractivity contribution is 6.04. The Morgan fingerprint density at radius 2 is 1.77 bits per heavy atom. The molecule has 0 bridgehead atoms. The second-order valence-corrected chi connectivity index (χ2v) is 5.33. The molecule has 0 fully saturated rings. The van der Waals surface area contributed by atoms with Gasteiger partial charge >= 0.3 is 0 Å². The van der Waals surface area contributed by atoms with Gasteiger partial charge in [-0.15, -0.1) is 0 Å². The lowest BCUT2D eigenvalue weighted by Gasteiger charge is -2.27. The summed E-state index contributed by atoms with van der Waals surface area (Å²) in [7, 11) is 0. The lowest BCUT2D eigenvalue weighted by Crippen LogP contribution is -2.30. The van der Waals surface area contributed by atoms with Gasteiger partial charge in [-0.1, -0.05) is 0 Å². The second kappa shape index (κ2) is 6.93. The maximum atomic E-state index is 12.1. The fraction of sp³-hybridized carbons (Fsp3) is 0.294. The molecule has 0 saturated heterocycles. The van der Waals surface area contributed by atoms with Crippen LogP contribution in [0.1, 0.15) is 31.1 Å². The number of anilines is 2. The molecule has 1 aromatic carbocycles. The fourth-order valence-corrected chi connectivity index (χ4v) is 2.35. The molecule has 5 nitrogen and oxygen atoms in total. The Morgan fingerprint density at radius 3 is 2.27 bits per heavy atom. The average Bonchev–Trinajstić information content (AvgIpc) is 2.50. The summed E-state index contributed by atoms with van der Waals surface area (Å²) in [6.45, 7) is 7.35. The molecule has 1 N–H and O–H groups in total. The molecular formula is C17H21N3O2. The standard InChI is InChI=1S/C17H21N3O2/c1-4-20(13(2)3)16-7-5-15(6-8-16)18-17(21)14-9-11-19(22)12-10-14/h5-13H,4H2,1-3H3,(H,18,21). The van der Waals surface area contributed by atoms with Crippen LogP contribution in [0.25, 0.3) is 0 Å². The van der Waals surface area contributed by atoms with Gasteiger partial charge in [0, 0.05) is 36.1 Å². The minimum atomic E-state index is -0.232. The first-order chi connectivity index (χ1) is 10.5. The zero-order chi connectivity index (χ0) is 16.1. The molecule has 0 spiro atoms. The van der Waals surface area contributed by atoms with Gasteiger partial charge in [0.1, 0.15) is 0 Å². The Morgan fingerprint density at radius 1 is 1.18 bits per heavy atom.